The van der Waals surface area contributed by atoms with E-state index in [1.165, 1.54) is 31.2 Å². The Bertz CT molecular complexity index is 747. The van der Waals surface area contributed by atoms with Crippen LogP contribution in [0.3, 0.4) is 0 Å². The molecule has 1 heterocycles. The Morgan fingerprint density at radius 1 is 1.30 bits per heavy atom. The van der Waals surface area contributed by atoms with E-state index in [9.17, 15) is 0 Å². The monoisotopic (exact) mass is 410 g/mol. The number of hydrogen-bond acceptors (Lipinski definition) is 3. The summed E-state index contributed by atoms with van der Waals surface area (Å²) in [5.41, 5.74) is 3.04. The van der Waals surface area contributed by atoms with E-state index in [2.05, 4.69) is 86.6 Å². The van der Waals surface area contributed by atoms with Crippen LogP contribution in [0.25, 0.3) is 5.70 Å². The summed E-state index contributed by atoms with van der Waals surface area (Å²) in [6.45, 7) is 11.9. The van der Waals surface area contributed by atoms with Gasteiger partial charge in [-0.05, 0) is 51.1 Å². The Labute approximate surface area is 185 Å². The predicted molar refractivity (Wildman–Crippen MR) is 133 cm³/mol. The summed E-state index contributed by atoms with van der Waals surface area (Å²) in [5.74, 6) is 1.41. The minimum Gasteiger partial charge on any atom is -0.326 e. The molecule has 0 amide bonds. The summed E-state index contributed by atoms with van der Waals surface area (Å²) in [6.07, 6.45) is 15.2. The first-order chi connectivity index (χ1) is 14.4. The second-order valence-corrected chi connectivity index (χ2v) is 8.32. The van der Waals surface area contributed by atoms with Gasteiger partial charge in [0.05, 0.1) is 18.8 Å². The second-order valence-electron chi connectivity index (χ2n) is 8.32. The zero-order chi connectivity index (χ0) is 22.0. The lowest BCUT2D eigenvalue weighted by atomic mass is 9.99. The molecule has 4 heteroatoms. The average molecular weight is 411 g/mol. The van der Waals surface area contributed by atoms with Crippen molar-refractivity contribution >= 4 is 11.5 Å². The molecule has 1 aromatic rings. The van der Waals surface area contributed by atoms with E-state index >= 15 is 0 Å². The number of nitrogens with one attached hydrogen (secondary N) is 3. The number of nitrogens with zero attached hydrogens (tertiary/aromatic N) is 1. The fraction of sp³-hybridized carbons (Fsp3) is 0.500. The molecule has 0 spiro atoms. The first kappa shape index (κ1) is 24.1. The van der Waals surface area contributed by atoms with Crippen molar-refractivity contribution in [3.8, 4) is 0 Å². The van der Waals surface area contributed by atoms with Gasteiger partial charge in [0.2, 0.25) is 0 Å². The third-order valence-corrected chi connectivity index (χ3v) is 6.13. The van der Waals surface area contributed by atoms with Crippen molar-refractivity contribution in [1.82, 2.24) is 15.5 Å². The van der Waals surface area contributed by atoms with Crippen LogP contribution in [0.5, 0.6) is 0 Å². The molecule has 166 valence electrons. The van der Waals surface area contributed by atoms with Crippen LogP contribution in [-0.2, 0) is 0 Å². The molecule has 0 aromatic heterocycles. The molecule has 30 heavy (non-hydrogen) atoms. The van der Waals surface area contributed by atoms with Gasteiger partial charge in [0.25, 0.3) is 0 Å². The standard InChI is InChI=1S/C16H24N4.C10H16.H2/c1-5-16(18-4)11-20(15(17)10-19-16)13(3)14-8-6-12(2)7-9-14;1-2-7-10-8-5-3-4-6-9-10;/h6-9,17-19H,3,5,10-11H2,1-2,4H3;3-5,8,10H,2,6-7,9H2,1H3;1H. The number of allylic oxidation sites excluding steroid dienone is 4. The smallest absolute Gasteiger partial charge is 0.115 e. The average Bonchev–Trinajstić information content (AvgIpc) is 3.04. The Morgan fingerprint density at radius 3 is 2.67 bits per heavy atom. The summed E-state index contributed by atoms with van der Waals surface area (Å²) >= 11 is 0. The molecule has 1 aliphatic heterocycles. The first-order valence-electron chi connectivity index (χ1n) is 11.3. The summed E-state index contributed by atoms with van der Waals surface area (Å²) in [4.78, 5) is 2.00. The van der Waals surface area contributed by atoms with Crippen molar-refractivity contribution in [1.29, 1.82) is 5.41 Å². The third-order valence-electron chi connectivity index (χ3n) is 6.13. The molecule has 1 aliphatic carbocycles. The largest absolute Gasteiger partial charge is 0.326 e. The third kappa shape index (κ3) is 6.68. The van der Waals surface area contributed by atoms with E-state index in [0.29, 0.717) is 18.9 Å². The second kappa shape index (κ2) is 11.9. The van der Waals surface area contributed by atoms with E-state index in [1.54, 1.807) is 0 Å². The molecule has 3 N–H and O–H groups in total. The maximum atomic E-state index is 8.17. The van der Waals surface area contributed by atoms with Gasteiger partial charge in [-0.2, -0.15) is 0 Å². The van der Waals surface area contributed by atoms with Gasteiger partial charge in [-0.15, -0.1) is 0 Å². The van der Waals surface area contributed by atoms with E-state index in [4.69, 9.17) is 5.41 Å². The van der Waals surface area contributed by atoms with Crippen molar-refractivity contribution in [3.05, 3.63) is 66.3 Å². The molecule has 2 unspecified atom stereocenters. The quantitative estimate of drug-likeness (QED) is 0.561. The number of rotatable bonds is 6. The van der Waals surface area contributed by atoms with Crippen LogP contribution < -0.4 is 10.6 Å². The number of amidine groups is 1. The molecule has 0 bridgehead atoms. The van der Waals surface area contributed by atoms with Gasteiger partial charge in [0.1, 0.15) is 5.84 Å². The van der Waals surface area contributed by atoms with Crippen LogP contribution in [0.1, 0.15) is 58.5 Å². The molecule has 1 saturated heterocycles. The highest BCUT2D eigenvalue weighted by atomic mass is 15.3. The highest BCUT2D eigenvalue weighted by molar-refractivity contribution is 5.90. The van der Waals surface area contributed by atoms with Crippen LogP contribution in [0.4, 0.5) is 0 Å². The molecular weight excluding hydrogens is 368 g/mol. The molecule has 0 saturated carbocycles. The number of piperazine rings is 1. The Morgan fingerprint density at radius 2 is 2.03 bits per heavy atom. The molecule has 0 radical (unpaired) electrons. The summed E-state index contributed by atoms with van der Waals surface area (Å²) in [5, 5.41) is 14.9. The minimum absolute atomic E-state index is 0. The molecule has 2 atom stereocenters. The van der Waals surface area contributed by atoms with E-state index in [0.717, 1.165) is 23.6 Å². The Kier molecular flexibility index (Phi) is 9.54. The van der Waals surface area contributed by atoms with E-state index in [1.807, 2.05) is 11.9 Å². The zero-order valence-corrected chi connectivity index (χ0v) is 19.3. The fourth-order valence-electron chi connectivity index (χ4n) is 3.92. The summed E-state index contributed by atoms with van der Waals surface area (Å²) < 4.78 is 0. The lowest BCUT2D eigenvalue weighted by molar-refractivity contribution is 0.213. The topological polar surface area (TPSA) is 51.1 Å². The maximum Gasteiger partial charge on any atom is 0.115 e. The van der Waals surface area contributed by atoms with Gasteiger partial charge in [0, 0.05) is 7.12 Å². The number of hydrogen-bond donors (Lipinski definition) is 3. The number of aryl methyl sites for hydroxylation is 1. The lowest BCUT2D eigenvalue weighted by Gasteiger charge is -2.45. The zero-order valence-electron chi connectivity index (χ0n) is 19.3. The van der Waals surface area contributed by atoms with Crippen LogP contribution in [-0.4, -0.2) is 36.5 Å². The van der Waals surface area contributed by atoms with Gasteiger partial charge in [-0.25, -0.2) is 0 Å². The minimum atomic E-state index is -0.155. The normalized spacial score (nSPS) is 23.5. The fourth-order valence-corrected chi connectivity index (χ4v) is 3.92. The van der Waals surface area contributed by atoms with Gasteiger partial charge in [-0.1, -0.05) is 81.0 Å². The van der Waals surface area contributed by atoms with Crippen LogP contribution in [0.2, 0.25) is 0 Å². The van der Waals surface area contributed by atoms with Gasteiger partial charge in [0.15, 0.2) is 0 Å². The van der Waals surface area contributed by atoms with Gasteiger partial charge < -0.3 is 10.2 Å². The van der Waals surface area contributed by atoms with Crippen LogP contribution in [0.15, 0.2) is 55.1 Å². The molecule has 2 aliphatic rings. The number of benzene rings is 1. The lowest BCUT2D eigenvalue weighted by Crippen LogP contribution is -2.67. The van der Waals surface area contributed by atoms with Crippen LogP contribution >= 0.6 is 0 Å². The van der Waals surface area contributed by atoms with Crippen molar-refractivity contribution in [2.24, 2.45) is 5.92 Å². The SMILES string of the molecule is C=C(c1ccc(C)cc1)N1CC(CC)(NC)NCC1=N.CCCC1C=CC=CCC1.[HH]. The van der Waals surface area contributed by atoms with Crippen molar-refractivity contribution in [2.45, 2.75) is 58.5 Å². The van der Waals surface area contributed by atoms with E-state index in [-0.39, 0.29) is 7.09 Å². The predicted octanol–water partition coefficient (Wildman–Crippen LogP) is 5.73. The molecule has 1 aromatic carbocycles. The molecular formula is C26H42N4. The van der Waals surface area contributed by atoms with Crippen molar-refractivity contribution < 1.29 is 1.43 Å². The summed E-state index contributed by atoms with van der Waals surface area (Å²) in [6, 6.07) is 8.30. The first-order valence-corrected chi connectivity index (χ1v) is 11.3. The number of likely N-dealkylation sites (N-methyl/N-ethyl adjacent to an activating group) is 1. The molecule has 1 fully saturated rings. The van der Waals surface area contributed by atoms with E-state index < -0.39 is 0 Å². The summed E-state index contributed by atoms with van der Waals surface area (Å²) in [7, 11) is 1.96. The van der Waals surface area contributed by atoms with Crippen molar-refractivity contribution in [2.75, 3.05) is 20.1 Å². The van der Waals surface area contributed by atoms with Crippen molar-refractivity contribution in [3.63, 3.8) is 0 Å². The van der Waals surface area contributed by atoms with Gasteiger partial charge >= 0.3 is 0 Å². The Hall–Kier alpha value is -2.17. The van der Waals surface area contributed by atoms with Crippen LogP contribution in [0, 0.1) is 18.3 Å². The molecule has 4 nitrogen and oxygen atoms in total. The maximum absolute atomic E-state index is 8.17. The highest BCUT2D eigenvalue weighted by Gasteiger charge is 2.35. The molecule has 3 rings (SSSR count). The Balaban J connectivity index is 0.000000370. The highest BCUT2D eigenvalue weighted by Crippen LogP contribution is 2.23. The van der Waals surface area contributed by atoms with Gasteiger partial charge in [-0.3, -0.25) is 10.7 Å².